The van der Waals surface area contributed by atoms with Gasteiger partial charge in [-0.3, -0.25) is 0 Å². The van der Waals surface area contributed by atoms with Gasteiger partial charge in [0.1, 0.15) is 0 Å². The third-order valence-electron chi connectivity index (χ3n) is 2.46. The highest BCUT2D eigenvalue weighted by atomic mass is 32.2. The summed E-state index contributed by atoms with van der Waals surface area (Å²) in [5.41, 5.74) is 1.39. The Labute approximate surface area is 90.3 Å². The molecule has 1 N–H and O–H groups in total. The summed E-state index contributed by atoms with van der Waals surface area (Å²) >= 11 is 1.95. The van der Waals surface area contributed by atoms with E-state index in [9.17, 15) is 0 Å². The zero-order chi connectivity index (χ0) is 9.80. The molecule has 2 rings (SSSR count). The SMILES string of the molecule is Cc1ccccc1SCCNC1CC1. The highest BCUT2D eigenvalue weighted by Crippen LogP contribution is 2.22. The second-order valence-electron chi connectivity index (χ2n) is 3.84. The maximum absolute atomic E-state index is 3.53. The van der Waals surface area contributed by atoms with E-state index in [1.54, 1.807) is 0 Å². The number of nitrogens with one attached hydrogen (secondary N) is 1. The predicted molar refractivity (Wildman–Crippen MR) is 62.9 cm³/mol. The molecule has 0 bridgehead atoms. The first kappa shape index (κ1) is 10.1. The average molecular weight is 207 g/mol. The molecule has 1 aromatic rings. The van der Waals surface area contributed by atoms with Crippen LogP contribution in [0.5, 0.6) is 0 Å². The van der Waals surface area contributed by atoms with Crippen molar-refractivity contribution in [2.24, 2.45) is 0 Å². The summed E-state index contributed by atoms with van der Waals surface area (Å²) in [7, 11) is 0. The quantitative estimate of drug-likeness (QED) is 0.588. The van der Waals surface area contributed by atoms with Crippen LogP contribution >= 0.6 is 11.8 Å². The summed E-state index contributed by atoms with van der Waals surface area (Å²) < 4.78 is 0. The number of aryl methyl sites for hydroxylation is 1. The van der Waals surface area contributed by atoms with E-state index in [0.717, 1.165) is 12.6 Å². The van der Waals surface area contributed by atoms with Crippen molar-refractivity contribution in [2.45, 2.75) is 30.7 Å². The predicted octanol–water partition coefficient (Wildman–Crippen LogP) is 2.84. The van der Waals surface area contributed by atoms with Crippen LogP contribution in [0, 0.1) is 6.92 Å². The third kappa shape index (κ3) is 3.03. The molecule has 1 aliphatic carbocycles. The Hall–Kier alpha value is -0.470. The molecule has 0 saturated heterocycles. The van der Waals surface area contributed by atoms with Crippen molar-refractivity contribution in [3.05, 3.63) is 29.8 Å². The maximum Gasteiger partial charge on any atom is 0.0106 e. The van der Waals surface area contributed by atoms with Crippen molar-refractivity contribution >= 4 is 11.8 Å². The van der Waals surface area contributed by atoms with Gasteiger partial charge in [0.25, 0.3) is 0 Å². The molecule has 1 nitrogen and oxygen atoms in total. The molecule has 14 heavy (non-hydrogen) atoms. The van der Waals surface area contributed by atoms with Gasteiger partial charge in [0.15, 0.2) is 0 Å². The van der Waals surface area contributed by atoms with Gasteiger partial charge in [-0.1, -0.05) is 18.2 Å². The lowest BCUT2D eigenvalue weighted by Gasteiger charge is -2.05. The van der Waals surface area contributed by atoms with Gasteiger partial charge in [0.05, 0.1) is 0 Å². The first-order valence-corrected chi connectivity index (χ1v) is 6.26. The van der Waals surface area contributed by atoms with E-state index in [4.69, 9.17) is 0 Å². The van der Waals surface area contributed by atoms with Gasteiger partial charge in [0.2, 0.25) is 0 Å². The number of rotatable bonds is 5. The van der Waals surface area contributed by atoms with Crippen LogP contribution in [0.2, 0.25) is 0 Å². The van der Waals surface area contributed by atoms with Crippen molar-refractivity contribution in [3.8, 4) is 0 Å². The van der Waals surface area contributed by atoms with E-state index in [2.05, 4.69) is 36.5 Å². The molecule has 1 saturated carbocycles. The van der Waals surface area contributed by atoms with Crippen molar-refractivity contribution in [2.75, 3.05) is 12.3 Å². The van der Waals surface area contributed by atoms with E-state index in [1.165, 1.54) is 29.1 Å². The minimum atomic E-state index is 0.840. The molecular weight excluding hydrogens is 190 g/mol. The van der Waals surface area contributed by atoms with Crippen LogP contribution in [0.4, 0.5) is 0 Å². The van der Waals surface area contributed by atoms with Crippen LogP contribution < -0.4 is 5.32 Å². The lowest BCUT2D eigenvalue weighted by molar-refractivity contribution is 0.726. The van der Waals surface area contributed by atoms with Crippen LogP contribution in [0.1, 0.15) is 18.4 Å². The number of benzene rings is 1. The molecule has 0 unspecified atom stereocenters. The van der Waals surface area contributed by atoms with Gasteiger partial charge in [0, 0.05) is 23.2 Å². The zero-order valence-electron chi connectivity index (χ0n) is 8.62. The average Bonchev–Trinajstić information content (AvgIpc) is 2.99. The topological polar surface area (TPSA) is 12.0 Å². The summed E-state index contributed by atoms with van der Waals surface area (Å²) in [6, 6.07) is 9.44. The van der Waals surface area contributed by atoms with Crippen molar-refractivity contribution in [1.82, 2.24) is 5.32 Å². The Kier molecular flexibility index (Phi) is 3.49. The molecule has 1 aromatic carbocycles. The Bertz CT molecular complexity index is 294. The molecule has 0 radical (unpaired) electrons. The normalized spacial score (nSPS) is 15.8. The lowest BCUT2D eigenvalue weighted by Crippen LogP contribution is -2.19. The minimum Gasteiger partial charge on any atom is -0.313 e. The van der Waals surface area contributed by atoms with E-state index in [1.807, 2.05) is 11.8 Å². The molecule has 0 heterocycles. The van der Waals surface area contributed by atoms with Crippen LogP contribution in [0.15, 0.2) is 29.2 Å². The number of hydrogen-bond donors (Lipinski definition) is 1. The van der Waals surface area contributed by atoms with Gasteiger partial charge in [-0.05, 0) is 31.4 Å². The van der Waals surface area contributed by atoms with Crippen molar-refractivity contribution < 1.29 is 0 Å². The zero-order valence-corrected chi connectivity index (χ0v) is 9.44. The molecule has 0 aliphatic heterocycles. The van der Waals surface area contributed by atoms with Crippen molar-refractivity contribution in [3.63, 3.8) is 0 Å². The molecule has 0 spiro atoms. The highest BCUT2D eigenvalue weighted by Gasteiger charge is 2.19. The maximum atomic E-state index is 3.53. The van der Waals surface area contributed by atoms with E-state index in [0.29, 0.717) is 0 Å². The second-order valence-corrected chi connectivity index (χ2v) is 4.98. The van der Waals surface area contributed by atoms with Crippen LogP contribution in [0.25, 0.3) is 0 Å². The van der Waals surface area contributed by atoms with Crippen LogP contribution in [-0.2, 0) is 0 Å². The van der Waals surface area contributed by atoms with Crippen LogP contribution in [-0.4, -0.2) is 18.3 Å². The minimum absolute atomic E-state index is 0.840. The number of thioether (sulfide) groups is 1. The molecule has 0 amide bonds. The first-order chi connectivity index (χ1) is 6.86. The summed E-state index contributed by atoms with van der Waals surface area (Å²) in [5, 5.41) is 3.53. The summed E-state index contributed by atoms with van der Waals surface area (Å²) in [6.07, 6.45) is 2.77. The monoisotopic (exact) mass is 207 g/mol. The third-order valence-corrected chi connectivity index (χ3v) is 3.64. The van der Waals surface area contributed by atoms with Gasteiger partial charge in [-0.25, -0.2) is 0 Å². The molecule has 1 fully saturated rings. The Morgan fingerprint density at radius 3 is 2.86 bits per heavy atom. The summed E-state index contributed by atoms with van der Waals surface area (Å²) in [5.74, 6) is 1.18. The molecule has 0 atom stereocenters. The first-order valence-electron chi connectivity index (χ1n) is 5.28. The number of hydrogen-bond acceptors (Lipinski definition) is 2. The molecule has 76 valence electrons. The summed E-state index contributed by atoms with van der Waals surface area (Å²) in [4.78, 5) is 1.42. The largest absolute Gasteiger partial charge is 0.313 e. The fraction of sp³-hybridized carbons (Fsp3) is 0.500. The molecule has 1 aliphatic rings. The highest BCUT2D eigenvalue weighted by molar-refractivity contribution is 7.99. The Morgan fingerprint density at radius 1 is 1.36 bits per heavy atom. The van der Waals surface area contributed by atoms with E-state index in [-0.39, 0.29) is 0 Å². The van der Waals surface area contributed by atoms with Gasteiger partial charge in [-0.2, -0.15) is 0 Å². The van der Waals surface area contributed by atoms with Gasteiger partial charge in [-0.15, -0.1) is 11.8 Å². The fourth-order valence-corrected chi connectivity index (χ4v) is 2.34. The van der Waals surface area contributed by atoms with E-state index < -0.39 is 0 Å². The fourth-order valence-electron chi connectivity index (χ4n) is 1.43. The van der Waals surface area contributed by atoms with Crippen LogP contribution in [0.3, 0.4) is 0 Å². The van der Waals surface area contributed by atoms with Gasteiger partial charge >= 0.3 is 0 Å². The Balaban J connectivity index is 1.71. The molecule has 0 aromatic heterocycles. The second kappa shape index (κ2) is 4.85. The molecule has 2 heteroatoms. The molecular formula is C12H17NS. The standard InChI is InChI=1S/C12H17NS/c1-10-4-2-3-5-12(10)14-9-8-13-11-6-7-11/h2-5,11,13H,6-9H2,1H3. The Morgan fingerprint density at radius 2 is 2.14 bits per heavy atom. The smallest absolute Gasteiger partial charge is 0.0106 e. The summed E-state index contributed by atoms with van der Waals surface area (Å²) in [6.45, 7) is 3.32. The van der Waals surface area contributed by atoms with Crippen molar-refractivity contribution in [1.29, 1.82) is 0 Å². The van der Waals surface area contributed by atoms with E-state index >= 15 is 0 Å². The van der Waals surface area contributed by atoms with Gasteiger partial charge < -0.3 is 5.32 Å². The lowest BCUT2D eigenvalue weighted by atomic mass is 10.2.